The molecular weight excluding hydrogens is 698 g/mol. The Hall–Kier alpha value is -4.59. The molecule has 0 aromatic heterocycles. The molecule has 4 heterocycles. The van der Waals surface area contributed by atoms with Crippen molar-refractivity contribution in [2.75, 3.05) is 14.2 Å². The maximum absolute atomic E-state index is 14.1. The average molecular weight is 750 g/mol. The van der Waals surface area contributed by atoms with Gasteiger partial charge in [0.25, 0.3) is 11.7 Å². The number of nitrogens with one attached hydrogen (secondary N) is 1. The van der Waals surface area contributed by atoms with Gasteiger partial charge in [-0.15, -0.1) is 0 Å². The summed E-state index contributed by atoms with van der Waals surface area (Å²) in [5, 5.41) is 2.57. The van der Waals surface area contributed by atoms with Crippen LogP contribution in [-0.2, 0) is 33.3 Å². The number of fused-ring (bicyclic) bond motifs is 10. The number of amides is 1. The summed E-state index contributed by atoms with van der Waals surface area (Å²) in [6.07, 6.45) is 7.04. The maximum atomic E-state index is 14.1. The lowest BCUT2D eigenvalue weighted by molar-refractivity contribution is -0.336. The van der Waals surface area contributed by atoms with Crippen LogP contribution in [0.15, 0.2) is 47.9 Å². The topological polar surface area (TPSA) is 162 Å². The van der Waals surface area contributed by atoms with E-state index in [2.05, 4.69) is 5.32 Å². The Morgan fingerprint density at radius 3 is 2.17 bits per heavy atom. The number of rotatable bonds is 3. The van der Waals surface area contributed by atoms with Gasteiger partial charge in [0.05, 0.1) is 54.1 Å². The normalized spacial score (nSPS) is 32.6. The predicted molar refractivity (Wildman–Crippen MR) is 196 cm³/mol. The van der Waals surface area contributed by atoms with Crippen molar-refractivity contribution in [2.45, 2.75) is 105 Å². The molecule has 1 fully saturated rings. The van der Waals surface area contributed by atoms with E-state index < -0.39 is 65.0 Å². The van der Waals surface area contributed by atoms with Gasteiger partial charge in [-0.05, 0) is 33.8 Å². The van der Waals surface area contributed by atoms with Crippen molar-refractivity contribution < 1.29 is 57.1 Å². The Labute approximate surface area is 316 Å². The first-order chi connectivity index (χ1) is 25.3. The summed E-state index contributed by atoms with van der Waals surface area (Å²) in [6, 6.07) is 0. The first-order valence-corrected chi connectivity index (χ1v) is 18.1. The molecular formula is C41H51NO12. The minimum atomic E-state index is -1.94. The van der Waals surface area contributed by atoms with E-state index in [4.69, 9.17) is 33.2 Å². The van der Waals surface area contributed by atoms with Crippen molar-refractivity contribution in [1.82, 2.24) is 5.32 Å². The van der Waals surface area contributed by atoms with Crippen LogP contribution in [0.3, 0.4) is 0 Å². The van der Waals surface area contributed by atoms with Gasteiger partial charge >= 0.3 is 11.8 Å². The number of hydrogen-bond donors (Lipinski definition) is 1. The molecule has 0 radical (unpaired) electrons. The van der Waals surface area contributed by atoms with E-state index in [0.29, 0.717) is 5.56 Å². The minimum Gasteiger partial charge on any atom is -0.496 e. The number of ether oxygens (including phenoxy) is 7. The number of Topliss-reactive ketones (excluding diaryl/α,β-unsaturated/α-hetero) is 2. The second kappa shape index (κ2) is 15.3. The number of benzene rings is 1. The van der Waals surface area contributed by atoms with Crippen LogP contribution in [0.1, 0.15) is 99.0 Å². The largest absolute Gasteiger partial charge is 0.496 e. The van der Waals surface area contributed by atoms with Gasteiger partial charge in [-0.25, -0.2) is 0 Å². The molecule has 1 aliphatic carbocycles. The van der Waals surface area contributed by atoms with Crippen LogP contribution in [-0.4, -0.2) is 79.4 Å². The second-order valence-electron chi connectivity index (χ2n) is 15.2. The summed E-state index contributed by atoms with van der Waals surface area (Å²) in [6.45, 7) is 17.5. The number of carbonyl (C=O) groups is 5. The highest BCUT2D eigenvalue weighted by Gasteiger charge is 2.52. The zero-order chi connectivity index (χ0) is 40.0. The van der Waals surface area contributed by atoms with Gasteiger partial charge in [-0.2, -0.15) is 0 Å². The highest BCUT2D eigenvalue weighted by Crippen LogP contribution is 2.48. The van der Waals surface area contributed by atoms with E-state index >= 15 is 0 Å². The lowest BCUT2D eigenvalue weighted by Crippen LogP contribution is -2.56. The predicted octanol–water partition coefficient (Wildman–Crippen LogP) is 5.73. The number of esters is 1. The highest BCUT2D eigenvalue weighted by atomic mass is 16.7. The van der Waals surface area contributed by atoms with E-state index in [-0.39, 0.29) is 63.3 Å². The van der Waals surface area contributed by atoms with Crippen molar-refractivity contribution in [3.8, 4) is 11.5 Å². The quantitative estimate of drug-likeness (QED) is 0.374. The third-order valence-electron chi connectivity index (χ3n) is 10.7. The molecule has 6 rings (SSSR count). The Morgan fingerprint density at radius 1 is 0.870 bits per heavy atom. The van der Waals surface area contributed by atoms with Crippen LogP contribution < -0.4 is 14.8 Å². The van der Waals surface area contributed by atoms with Gasteiger partial charge in [-0.1, -0.05) is 45.9 Å². The molecule has 1 aromatic rings. The fraction of sp³-hybridized carbons (Fsp3) is 0.537. The van der Waals surface area contributed by atoms with Crippen molar-refractivity contribution in [1.29, 1.82) is 0 Å². The zero-order valence-electron chi connectivity index (χ0n) is 33.0. The summed E-state index contributed by atoms with van der Waals surface area (Å²) >= 11 is 0. The van der Waals surface area contributed by atoms with Crippen molar-refractivity contribution in [3.63, 3.8) is 0 Å². The zero-order valence-corrected chi connectivity index (χ0v) is 33.0. The number of methoxy groups -OCH3 is 2. The summed E-state index contributed by atoms with van der Waals surface area (Å²) < 4.78 is 42.5. The lowest BCUT2D eigenvalue weighted by Gasteiger charge is -2.50. The van der Waals surface area contributed by atoms with Crippen molar-refractivity contribution >= 4 is 29.2 Å². The molecule has 1 saturated heterocycles. The Morgan fingerprint density at radius 2 is 1.54 bits per heavy atom. The average Bonchev–Trinajstić information content (AvgIpc) is 3.37. The van der Waals surface area contributed by atoms with Crippen LogP contribution in [0.25, 0.3) is 0 Å². The fourth-order valence-electron chi connectivity index (χ4n) is 7.95. The summed E-state index contributed by atoms with van der Waals surface area (Å²) in [5.74, 6) is -7.13. The molecule has 1 N–H and O–H groups in total. The maximum Gasteiger partial charge on any atom is 0.312 e. The molecule has 1 amide bonds. The smallest absolute Gasteiger partial charge is 0.312 e. The Balaban J connectivity index is 1.63. The summed E-state index contributed by atoms with van der Waals surface area (Å²) in [7, 11) is 2.84. The molecule has 292 valence electrons. The molecule has 7 bridgehead atoms. The molecule has 0 spiro atoms. The standard InChI is InChI=1S/C41H51NO12/c1-19-14-13-15-20(2)39(47)42-26-18-27(44)29-30(32(26)45)36(49-12)24(6)37-31(29)38(46)41(10,54-37)50-17-16-28(48-11)21(3)34(51-25(7)43)23(5)35-22(4)33(19)52-40(8,9)53-35/h13-19,21-23,28,33-35H,1-12H3,(H,42,47)/t19-,21+,22+,23+,28+,33+,34+,35-,41-/m0/s1. The van der Waals surface area contributed by atoms with Crippen molar-refractivity contribution in [2.24, 2.45) is 23.7 Å². The lowest BCUT2D eigenvalue weighted by atomic mass is 9.77. The molecule has 5 aliphatic rings. The van der Waals surface area contributed by atoms with E-state index in [1.165, 1.54) is 34.3 Å². The Bertz CT molecular complexity index is 1870. The van der Waals surface area contributed by atoms with E-state index in [1.54, 1.807) is 32.1 Å². The third-order valence-corrected chi connectivity index (χ3v) is 10.7. The van der Waals surface area contributed by atoms with Gasteiger partial charge in [0.1, 0.15) is 17.6 Å². The molecule has 13 heteroatoms. The van der Waals surface area contributed by atoms with Crippen LogP contribution in [0.5, 0.6) is 11.5 Å². The summed E-state index contributed by atoms with van der Waals surface area (Å²) in [5.41, 5.74) is -0.202. The van der Waals surface area contributed by atoms with Gasteiger partial charge < -0.3 is 38.5 Å². The van der Waals surface area contributed by atoms with Gasteiger partial charge in [0.15, 0.2) is 11.6 Å². The van der Waals surface area contributed by atoms with Gasteiger partial charge in [-0.3, -0.25) is 24.0 Å². The minimum absolute atomic E-state index is 0.0250. The van der Waals surface area contributed by atoms with E-state index in [9.17, 15) is 24.0 Å². The van der Waals surface area contributed by atoms with Crippen LogP contribution in [0.4, 0.5) is 0 Å². The van der Waals surface area contributed by atoms with Crippen LogP contribution in [0.2, 0.25) is 0 Å². The SMILES string of the molecule is COc1c(C)c2c3c4c1C(=O)C(=CC4=O)NC(=O)C(C)=CC=C[C@H](C)[C@H]1OC(C)(C)O[C@H]([C@H](C)[C@H](OC(C)=O)[C@H](C)[C@H](OC)C=CO[C@@](C)(O2)C3=O)[C@@H]1C. The summed E-state index contributed by atoms with van der Waals surface area (Å²) in [4.78, 5) is 67.7. The number of ketones is 3. The molecule has 4 aliphatic heterocycles. The van der Waals surface area contributed by atoms with Crippen molar-refractivity contribution in [3.05, 3.63) is 70.2 Å². The molecule has 54 heavy (non-hydrogen) atoms. The first kappa shape index (κ1) is 40.6. The number of allylic oxidation sites excluding steroid dienone is 4. The van der Waals surface area contributed by atoms with Crippen LogP contribution in [0, 0.1) is 30.6 Å². The monoisotopic (exact) mass is 749 g/mol. The van der Waals surface area contributed by atoms with E-state index in [0.717, 1.165) is 6.08 Å². The molecule has 13 nitrogen and oxygen atoms in total. The number of hydrogen-bond acceptors (Lipinski definition) is 12. The van der Waals surface area contributed by atoms with Gasteiger partial charge in [0.2, 0.25) is 5.78 Å². The second-order valence-corrected chi connectivity index (χ2v) is 15.2. The Kier molecular flexibility index (Phi) is 11.5. The molecule has 0 saturated carbocycles. The number of carbonyl (C=O) groups excluding carboxylic acids is 5. The molecule has 0 unspecified atom stereocenters. The molecule has 1 aromatic carbocycles. The van der Waals surface area contributed by atoms with Crippen LogP contribution >= 0.6 is 0 Å². The fourth-order valence-corrected chi connectivity index (χ4v) is 7.95. The van der Waals surface area contributed by atoms with E-state index in [1.807, 2.05) is 47.6 Å². The first-order valence-electron chi connectivity index (χ1n) is 18.1. The molecule has 9 atom stereocenters. The third kappa shape index (κ3) is 7.41. The highest BCUT2D eigenvalue weighted by molar-refractivity contribution is 6.31. The van der Waals surface area contributed by atoms with Gasteiger partial charge in [0, 0.05) is 61.8 Å².